The van der Waals surface area contributed by atoms with Gasteiger partial charge in [0.2, 0.25) is 0 Å². The van der Waals surface area contributed by atoms with Crippen molar-refractivity contribution in [2.75, 3.05) is 33.2 Å². The lowest BCUT2D eigenvalue weighted by Crippen LogP contribution is -2.43. The predicted octanol–water partition coefficient (Wildman–Crippen LogP) is 1.30. The molecule has 1 aliphatic heterocycles. The van der Waals surface area contributed by atoms with Crippen LogP contribution in [-0.2, 0) is 6.54 Å². The summed E-state index contributed by atoms with van der Waals surface area (Å²) in [6, 6.07) is 1.87. The molecule has 1 aromatic rings. The Morgan fingerprint density at radius 2 is 2.06 bits per heavy atom. The fourth-order valence-electron chi connectivity index (χ4n) is 1.84. The summed E-state index contributed by atoms with van der Waals surface area (Å²) in [6.07, 6.45) is 1.72. The second kappa shape index (κ2) is 5.12. The van der Waals surface area contributed by atoms with Gasteiger partial charge in [-0.15, -0.1) is 0 Å². The zero-order chi connectivity index (χ0) is 11.5. The quantitative estimate of drug-likeness (QED) is 0.832. The van der Waals surface area contributed by atoms with Crippen LogP contribution in [0.5, 0.6) is 5.75 Å². The van der Waals surface area contributed by atoms with E-state index in [2.05, 4.69) is 37.8 Å². The maximum atomic E-state index is 9.83. The number of piperazine rings is 1. The van der Waals surface area contributed by atoms with Gasteiger partial charge in [-0.3, -0.25) is 4.90 Å². The lowest BCUT2D eigenvalue weighted by Gasteiger charge is -2.32. The Labute approximate surface area is 104 Å². The van der Waals surface area contributed by atoms with Crippen LogP contribution in [0.3, 0.4) is 0 Å². The molecule has 0 aromatic carbocycles. The number of hydrogen-bond acceptors (Lipinski definition) is 4. The van der Waals surface area contributed by atoms with Crippen LogP contribution < -0.4 is 0 Å². The van der Waals surface area contributed by atoms with Gasteiger partial charge in [0.1, 0.15) is 4.60 Å². The molecule has 0 aliphatic carbocycles. The third-order valence-corrected chi connectivity index (χ3v) is 3.53. The van der Waals surface area contributed by atoms with Gasteiger partial charge in [-0.2, -0.15) is 0 Å². The third-order valence-electron chi connectivity index (χ3n) is 2.95. The normalized spacial score (nSPS) is 18.9. The number of pyridine rings is 1. The molecule has 0 spiro atoms. The zero-order valence-corrected chi connectivity index (χ0v) is 10.9. The van der Waals surface area contributed by atoms with Gasteiger partial charge in [-0.1, -0.05) is 0 Å². The molecule has 0 radical (unpaired) electrons. The standard InChI is InChI=1S/C11H16BrN3O/c1-14-4-6-15(7-5-14)8-9-2-3-13-11(12)10(9)16/h2-3,16H,4-8H2,1H3. The Balaban J connectivity index is 2.01. The van der Waals surface area contributed by atoms with Crippen LogP contribution in [0.1, 0.15) is 5.56 Å². The Kier molecular flexibility index (Phi) is 3.78. The first-order valence-electron chi connectivity index (χ1n) is 5.40. The molecule has 0 bridgehead atoms. The van der Waals surface area contributed by atoms with E-state index in [0.29, 0.717) is 4.60 Å². The van der Waals surface area contributed by atoms with Gasteiger partial charge < -0.3 is 10.0 Å². The van der Waals surface area contributed by atoms with Crippen molar-refractivity contribution in [3.63, 3.8) is 0 Å². The molecule has 0 amide bonds. The van der Waals surface area contributed by atoms with Gasteiger partial charge in [-0.05, 0) is 29.0 Å². The zero-order valence-electron chi connectivity index (χ0n) is 9.36. The Bertz CT molecular complexity index is 364. The van der Waals surface area contributed by atoms with Crippen molar-refractivity contribution < 1.29 is 5.11 Å². The van der Waals surface area contributed by atoms with E-state index in [9.17, 15) is 5.11 Å². The summed E-state index contributed by atoms with van der Waals surface area (Å²) in [5.74, 6) is 0.265. The van der Waals surface area contributed by atoms with Gasteiger partial charge in [0.15, 0.2) is 5.75 Å². The highest BCUT2D eigenvalue weighted by atomic mass is 79.9. The average molecular weight is 286 g/mol. The topological polar surface area (TPSA) is 39.6 Å². The molecule has 2 rings (SSSR count). The number of aromatic hydroxyl groups is 1. The van der Waals surface area contributed by atoms with Crippen molar-refractivity contribution >= 4 is 15.9 Å². The highest BCUT2D eigenvalue weighted by molar-refractivity contribution is 9.10. The van der Waals surface area contributed by atoms with Gasteiger partial charge in [0.05, 0.1) is 0 Å². The van der Waals surface area contributed by atoms with E-state index in [1.807, 2.05) is 6.07 Å². The van der Waals surface area contributed by atoms with E-state index >= 15 is 0 Å². The fourth-order valence-corrected chi connectivity index (χ4v) is 2.21. The molecule has 1 aromatic heterocycles. The Morgan fingerprint density at radius 3 is 2.75 bits per heavy atom. The van der Waals surface area contributed by atoms with Gasteiger partial charge >= 0.3 is 0 Å². The van der Waals surface area contributed by atoms with E-state index in [0.717, 1.165) is 38.3 Å². The van der Waals surface area contributed by atoms with Gasteiger partial charge in [0, 0.05) is 44.5 Å². The molecule has 1 saturated heterocycles. The molecule has 4 nitrogen and oxygen atoms in total. The molecular weight excluding hydrogens is 270 g/mol. The van der Waals surface area contributed by atoms with Crippen LogP contribution in [0.25, 0.3) is 0 Å². The van der Waals surface area contributed by atoms with Crippen molar-refractivity contribution in [3.05, 3.63) is 22.4 Å². The van der Waals surface area contributed by atoms with E-state index < -0.39 is 0 Å². The summed E-state index contributed by atoms with van der Waals surface area (Å²) in [4.78, 5) is 8.65. The minimum absolute atomic E-state index is 0.265. The number of halogens is 1. The highest BCUT2D eigenvalue weighted by Crippen LogP contribution is 2.26. The number of aromatic nitrogens is 1. The minimum atomic E-state index is 0.265. The monoisotopic (exact) mass is 285 g/mol. The number of hydrogen-bond donors (Lipinski definition) is 1. The van der Waals surface area contributed by atoms with Crippen LogP contribution >= 0.6 is 15.9 Å². The Morgan fingerprint density at radius 1 is 1.38 bits per heavy atom. The van der Waals surface area contributed by atoms with E-state index in [4.69, 9.17) is 0 Å². The minimum Gasteiger partial charge on any atom is -0.505 e. The van der Waals surface area contributed by atoms with E-state index in [-0.39, 0.29) is 5.75 Å². The highest BCUT2D eigenvalue weighted by Gasteiger charge is 2.16. The van der Waals surface area contributed by atoms with Crippen LogP contribution in [0.15, 0.2) is 16.9 Å². The van der Waals surface area contributed by atoms with Gasteiger partial charge in [0.25, 0.3) is 0 Å². The molecule has 0 atom stereocenters. The first-order chi connectivity index (χ1) is 7.66. The van der Waals surface area contributed by atoms with E-state index in [1.54, 1.807) is 6.20 Å². The predicted molar refractivity (Wildman–Crippen MR) is 66.4 cm³/mol. The molecular formula is C11H16BrN3O. The summed E-state index contributed by atoms with van der Waals surface area (Å²) >= 11 is 3.23. The van der Waals surface area contributed by atoms with Crippen molar-refractivity contribution in [1.29, 1.82) is 0 Å². The SMILES string of the molecule is CN1CCN(Cc2ccnc(Br)c2O)CC1. The van der Waals surface area contributed by atoms with Crippen molar-refractivity contribution in [3.8, 4) is 5.75 Å². The number of likely N-dealkylation sites (N-methyl/N-ethyl adjacent to an activating group) is 1. The first-order valence-corrected chi connectivity index (χ1v) is 6.19. The smallest absolute Gasteiger partial charge is 0.152 e. The summed E-state index contributed by atoms with van der Waals surface area (Å²) in [5, 5.41) is 9.83. The maximum absolute atomic E-state index is 9.83. The van der Waals surface area contributed by atoms with Crippen LogP contribution in [-0.4, -0.2) is 53.1 Å². The summed E-state index contributed by atoms with van der Waals surface area (Å²) < 4.78 is 0.527. The molecule has 0 unspecified atom stereocenters. The summed E-state index contributed by atoms with van der Waals surface area (Å²) in [5.41, 5.74) is 0.937. The first kappa shape index (κ1) is 11.8. The van der Waals surface area contributed by atoms with Crippen molar-refractivity contribution in [1.82, 2.24) is 14.8 Å². The largest absolute Gasteiger partial charge is 0.505 e. The number of rotatable bonds is 2. The van der Waals surface area contributed by atoms with Gasteiger partial charge in [-0.25, -0.2) is 4.98 Å². The van der Waals surface area contributed by atoms with Crippen molar-refractivity contribution in [2.24, 2.45) is 0 Å². The second-order valence-electron chi connectivity index (χ2n) is 4.19. The molecule has 16 heavy (non-hydrogen) atoms. The Hall–Kier alpha value is -0.650. The lowest BCUT2D eigenvalue weighted by molar-refractivity contribution is 0.147. The molecule has 0 saturated carbocycles. The third kappa shape index (κ3) is 2.72. The maximum Gasteiger partial charge on any atom is 0.152 e. The number of nitrogens with zero attached hydrogens (tertiary/aromatic N) is 3. The molecule has 1 fully saturated rings. The van der Waals surface area contributed by atoms with Crippen LogP contribution in [0, 0.1) is 0 Å². The van der Waals surface area contributed by atoms with Crippen LogP contribution in [0.4, 0.5) is 0 Å². The second-order valence-corrected chi connectivity index (χ2v) is 4.94. The molecule has 88 valence electrons. The van der Waals surface area contributed by atoms with Crippen LogP contribution in [0.2, 0.25) is 0 Å². The summed E-state index contributed by atoms with van der Waals surface area (Å²) in [6.45, 7) is 5.08. The average Bonchev–Trinajstić information content (AvgIpc) is 2.28. The van der Waals surface area contributed by atoms with E-state index in [1.165, 1.54) is 0 Å². The fraction of sp³-hybridized carbons (Fsp3) is 0.545. The molecule has 1 N–H and O–H groups in total. The lowest BCUT2D eigenvalue weighted by atomic mass is 10.2. The molecule has 1 aliphatic rings. The summed E-state index contributed by atoms with van der Waals surface area (Å²) in [7, 11) is 2.14. The molecule has 2 heterocycles. The molecule has 5 heteroatoms. The van der Waals surface area contributed by atoms with Crippen molar-refractivity contribution in [2.45, 2.75) is 6.54 Å².